The summed E-state index contributed by atoms with van der Waals surface area (Å²) < 4.78 is 10.4. The van der Waals surface area contributed by atoms with Crippen LogP contribution in [0.4, 0.5) is 0 Å². The Morgan fingerprint density at radius 1 is 0.917 bits per heavy atom. The van der Waals surface area contributed by atoms with Crippen LogP contribution in [0, 0.1) is 47.3 Å². The molecular formula is C30H41BrO5. The summed E-state index contributed by atoms with van der Waals surface area (Å²) in [6.07, 6.45) is 13.9. The van der Waals surface area contributed by atoms with Crippen LogP contribution in [0.25, 0.3) is 0 Å². The molecule has 0 atom stereocenters. The first-order valence-corrected chi connectivity index (χ1v) is 15.2. The van der Waals surface area contributed by atoms with Crippen LogP contribution in [0.2, 0.25) is 0 Å². The number of alkyl halides is 1. The summed E-state index contributed by atoms with van der Waals surface area (Å²) in [5.41, 5.74) is 1.06. The maximum atomic E-state index is 11.6. The van der Waals surface area contributed by atoms with Crippen LogP contribution in [0.1, 0.15) is 77.6 Å². The van der Waals surface area contributed by atoms with Crippen LogP contribution in [-0.2, 0) is 23.9 Å². The van der Waals surface area contributed by atoms with Gasteiger partial charge in [0, 0.05) is 34.7 Å². The third-order valence-corrected chi connectivity index (χ3v) is 10.9. The molecule has 0 amide bonds. The van der Waals surface area contributed by atoms with E-state index in [0.717, 1.165) is 30.1 Å². The van der Waals surface area contributed by atoms with E-state index in [1.165, 1.54) is 64.2 Å². The van der Waals surface area contributed by atoms with Gasteiger partial charge in [0.15, 0.2) is 0 Å². The van der Waals surface area contributed by atoms with Gasteiger partial charge in [-0.3, -0.25) is 4.79 Å². The second-order valence-corrected chi connectivity index (χ2v) is 13.2. The molecule has 0 aromatic carbocycles. The van der Waals surface area contributed by atoms with Crippen LogP contribution in [-0.4, -0.2) is 35.3 Å². The fourth-order valence-electron chi connectivity index (χ4n) is 9.06. The minimum Gasteiger partial charge on any atom is -0.463 e. The number of ether oxygens (including phenoxy) is 2. The number of carbonyl (C=O) groups excluding carboxylic acids is 3. The molecule has 1 saturated heterocycles. The number of hydrogen-bond acceptors (Lipinski definition) is 5. The third-order valence-electron chi connectivity index (χ3n) is 10.2. The Labute approximate surface area is 223 Å². The molecule has 198 valence electrons. The molecule has 9 fully saturated rings. The molecule has 0 unspecified atom stereocenters. The predicted molar refractivity (Wildman–Crippen MR) is 141 cm³/mol. The highest BCUT2D eigenvalue weighted by Gasteiger charge is 2.62. The summed E-state index contributed by atoms with van der Waals surface area (Å²) in [5.74, 6) is 6.22. The molecule has 36 heavy (non-hydrogen) atoms. The van der Waals surface area contributed by atoms with E-state index in [1.807, 2.05) is 0 Å². The van der Waals surface area contributed by atoms with Crippen molar-refractivity contribution in [3.63, 3.8) is 0 Å². The number of ketones is 1. The van der Waals surface area contributed by atoms with Gasteiger partial charge in [0.2, 0.25) is 0 Å². The SMILES string of the molecule is C=C(CBr)C(=O)OCC.C=C1CC2(OC1=O)C1CC3CC(C1)CC2C3.O=C1C2CC3CC(C2)CC1C3. The largest absolute Gasteiger partial charge is 0.463 e. The van der Waals surface area contributed by atoms with Crippen molar-refractivity contribution < 1.29 is 23.9 Å². The highest BCUT2D eigenvalue weighted by atomic mass is 79.9. The molecule has 0 aromatic rings. The van der Waals surface area contributed by atoms with E-state index in [9.17, 15) is 14.4 Å². The highest BCUT2D eigenvalue weighted by Crippen LogP contribution is 2.62. The van der Waals surface area contributed by atoms with E-state index in [2.05, 4.69) is 33.8 Å². The first kappa shape index (κ1) is 26.2. The third kappa shape index (κ3) is 4.88. The molecule has 8 saturated carbocycles. The standard InChI is InChI=1S/C14H18O2.C10H14O.C6H9BrO2/c1-8-7-14(16-13(8)15)11-3-9-2-10(5-11)6-12(14)4-9;11-10-8-2-6-1-7(4-8)5-9(10)3-6;1-3-9-6(8)5(2)4-7/h9-12H,1-7H2;6-9H,1-5H2;2-4H2,1H3. The Balaban J connectivity index is 0.000000118. The Morgan fingerprint density at radius 3 is 1.78 bits per heavy atom. The van der Waals surface area contributed by atoms with E-state index in [4.69, 9.17) is 4.74 Å². The summed E-state index contributed by atoms with van der Waals surface area (Å²) in [6.45, 7) is 9.51. The zero-order valence-electron chi connectivity index (χ0n) is 21.6. The second kappa shape index (κ2) is 10.4. The van der Waals surface area contributed by atoms with Crippen molar-refractivity contribution in [2.75, 3.05) is 11.9 Å². The van der Waals surface area contributed by atoms with Gasteiger partial charge < -0.3 is 9.47 Å². The van der Waals surface area contributed by atoms with Gasteiger partial charge in [-0.2, -0.15) is 0 Å². The molecular weight excluding hydrogens is 520 g/mol. The van der Waals surface area contributed by atoms with Crippen molar-refractivity contribution in [1.82, 2.24) is 0 Å². The fraction of sp³-hybridized carbons (Fsp3) is 0.767. The number of halogens is 1. The lowest BCUT2D eigenvalue weighted by Gasteiger charge is -2.58. The molecule has 8 aliphatic carbocycles. The molecule has 9 aliphatic rings. The van der Waals surface area contributed by atoms with Gasteiger partial charge in [0.25, 0.3) is 0 Å². The lowest BCUT2D eigenvalue weighted by Crippen LogP contribution is -2.57. The molecule has 6 heteroatoms. The van der Waals surface area contributed by atoms with Gasteiger partial charge in [0.05, 0.1) is 6.61 Å². The summed E-state index contributed by atoms with van der Waals surface area (Å²) in [4.78, 5) is 33.8. The molecule has 9 rings (SSSR count). The number of Topliss-reactive ketones (excluding diaryl/α,β-unsaturated/α-hetero) is 1. The van der Waals surface area contributed by atoms with Gasteiger partial charge in [-0.05, 0) is 107 Å². The lowest BCUT2D eigenvalue weighted by molar-refractivity contribution is -0.191. The second-order valence-electron chi connectivity index (χ2n) is 12.6. The van der Waals surface area contributed by atoms with Crippen molar-refractivity contribution >= 4 is 33.7 Å². The maximum Gasteiger partial charge on any atom is 0.334 e. The van der Waals surface area contributed by atoms with Crippen LogP contribution in [0.3, 0.4) is 0 Å². The Morgan fingerprint density at radius 2 is 1.39 bits per heavy atom. The molecule has 5 nitrogen and oxygen atoms in total. The van der Waals surface area contributed by atoms with Crippen LogP contribution in [0.5, 0.6) is 0 Å². The van der Waals surface area contributed by atoms with Gasteiger partial charge in [-0.25, -0.2) is 9.59 Å². The van der Waals surface area contributed by atoms with E-state index in [0.29, 0.717) is 52.5 Å². The Kier molecular flexibility index (Phi) is 7.55. The average molecular weight is 562 g/mol. The highest BCUT2D eigenvalue weighted by molar-refractivity contribution is 9.09. The van der Waals surface area contributed by atoms with Crippen molar-refractivity contribution in [1.29, 1.82) is 0 Å². The minimum absolute atomic E-state index is 0.110. The van der Waals surface area contributed by atoms with E-state index in [-0.39, 0.29) is 17.5 Å². The first-order valence-electron chi connectivity index (χ1n) is 14.1. The van der Waals surface area contributed by atoms with Crippen molar-refractivity contribution in [2.45, 2.75) is 83.2 Å². The number of esters is 2. The van der Waals surface area contributed by atoms with Crippen molar-refractivity contribution in [2.24, 2.45) is 47.3 Å². The maximum absolute atomic E-state index is 11.6. The smallest absolute Gasteiger partial charge is 0.334 e. The minimum atomic E-state index is -0.325. The molecule has 1 heterocycles. The van der Waals surface area contributed by atoms with Gasteiger partial charge >= 0.3 is 11.9 Å². The van der Waals surface area contributed by atoms with E-state index < -0.39 is 0 Å². The lowest BCUT2D eigenvalue weighted by atomic mass is 9.49. The quantitative estimate of drug-likeness (QED) is 0.233. The Bertz CT molecular complexity index is 860. The summed E-state index contributed by atoms with van der Waals surface area (Å²) in [5, 5.41) is 0.478. The number of rotatable bonds is 3. The predicted octanol–water partition coefficient (Wildman–Crippen LogP) is 6.20. The normalized spacial score (nSPS) is 42.4. The van der Waals surface area contributed by atoms with Gasteiger partial charge in [0.1, 0.15) is 11.4 Å². The Hall–Kier alpha value is -1.43. The zero-order chi connectivity index (χ0) is 25.6. The van der Waals surface area contributed by atoms with Crippen LogP contribution < -0.4 is 0 Å². The number of hydrogen-bond donors (Lipinski definition) is 0. The van der Waals surface area contributed by atoms with Crippen LogP contribution >= 0.6 is 15.9 Å². The monoisotopic (exact) mass is 560 g/mol. The fourth-order valence-corrected chi connectivity index (χ4v) is 9.29. The molecule has 1 spiro atoms. The summed E-state index contributed by atoms with van der Waals surface area (Å²) in [7, 11) is 0. The zero-order valence-corrected chi connectivity index (χ0v) is 23.2. The first-order chi connectivity index (χ1) is 17.2. The van der Waals surface area contributed by atoms with E-state index >= 15 is 0 Å². The van der Waals surface area contributed by atoms with Crippen molar-refractivity contribution in [3.8, 4) is 0 Å². The van der Waals surface area contributed by atoms with Gasteiger partial charge in [-0.1, -0.05) is 29.1 Å². The van der Waals surface area contributed by atoms with Crippen molar-refractivity contribution in [3.05, 3.63) is 24.3 Å². The molecule has 8 bridgehead atoms. The summed E-state index contributed by atoms with van der Waals surface area (Å²) in [6, 6.07) is 0. The summed E-state index contributed by atoms with van der Waals surface area (Å²) >= 11 is 3.08. The molecule has 0 aromatic heterocycles. The van der Waals surface area contributed by atoms with Crippen LogP contribution in [0.15, 0.2) is 24.3 Å². The van der Waals surface area contributed by atoms with Gasteiger partial charge in [-0.15, -0.1) is 0 Å². The number of carbonyl (C=O) groups is 3. The average Bonchev–Trinajstić information content (AvgIpc) is 3.15. The topological polar surface area (TPSA) is 69.7 Å². The van der Waals surface area contributed by atoms with E-state index in [1.54, 1.807) is 6.92 Å². The molecule has 0 N–H and O–H groups in total. The molecule has 0 radical (unpaired) electrons. The molecule has 1 aliphatic heterocycles.